The smallest absolute Gasteiger partial charge is 0.282 e. The molecule has 4 aromatic carbocycles. The number of rotatable bonds is 9. The number of nitrogens with zero attached hydrogens (tertiary/aromatic N) is 3. The molecule has 0 bridgehead atoms. The van der Waals surface area contributed by atoms with E-state index in [1.807, 2.05) is 25.1 Å². The van der Waals surface area contributed by atoms with Gasteiger partial charge in [-0.3, -0.25) is 9.59 Å². The maximum atomic E-state index is 13.7. The van der Waals surface area contributed by atoms with Gasteiger partial charge in [0.2, 0.25) is 0 Å². The molecule has 10 heteroatoms. The molecule has 0 saturated heterocycles. The Morgan fingerprint density at radius 2 is 1.86 bits per heavy atom. The Morgan fingerprint density at radius 1 is 1.07 bits per heavy atom. The third-order valence-corrected chi connectivity index (χ3v) is 7.23. The molecule has 0 fully saturated rings. The SMILES string of the molecule is COc1cc(C)c(-c2nc3ccccc3c(=O)n2N=Cc2ccc(OCC(=O)Nc3cccc(F)c3)c(Cl)c2)cc1C(C)C. The van der Waals surface area contributed by atoms with E-state index in [2.05, 4.69) is 24.3 Å². The molecule has 5 rings (SSSR count). The number of fused-ring (bicyclic) bond motifs is 1. The summed E-state index contributed by atoms with van der Waals surface area (Å²) in [4.78, 5) is 30.8. The lowest BCUT2D eigenvalue weighted by atomic mass is 9.96. The third-order valence-electron chi connectivity index (χ3n) is 6.94. The average Bonchev–Trinajstić information content (AvgIpc) is 2.99. The van der Waals surface area contributed by atoms with Crippen LogP contribution in [0.1, 0.15) is 36.5 Å². The van der Waals surface area contributed by atoms with Crippen LogP contribution in [0.25, 0.3) is 22.3 Å². The fourth-order valence-corrected chi connectivity index (χ4v) is 4.96. The van der Waals surface area contributed by atoms with E-state index < -0.39 is 11.7 Å². The van der Waals surface area contributed by atoms with E-state index in [0.717, 1.165) is 22.4 Å². The first-order chi connectivity index (χ1) is 21.1. The van der Waals surface area contributed by atoms with Crippen molar-refractivity contribution in [1.29, 1.82) is 0 Å². The Bertz CT molecular complexity index is 1950. The zero-order valence-electron chi connectivity index (χ0n) is 24.6. The number of anilines is 1. The van der Waals surface area contributed by atoms with Crippen molar-refractivity contribution < 1.29 is 18.7 Å². The summed E-state index contributed by atoms with van der Waals surface area (Å²) in [5.74, 6) is 0.673. The van der Waals surface area contributed by atoms with Crippen molar-refractivity contribution in [2.24, 2.45) is 5.10 Å². The molecule has 8 nitrogen and oxygen atoms in total. The maximum Gasteiger partial charge on any atom is 0.282 e. The number of hydrogen-bond acceptors (Lipinski definition) is 6. The Kier molecular flexibility index (Phi) is 9.06. The summed E-state index contributed by atoms with van der Waals surface area (Å²) in [6.45, 7) is 5.76. The predicted octanol–water partition coefficient (Wildman–Crippen LogP) is 7.20. The lowest BCUT2D eigenvalue weighted by molar-refractivity contribution is -0.118. The van der Waals surface area contributed by atoms with Crippen LogP contribution in [0.3, 0.4) is 0 Å². The second-order valence-electron chi connectivity index (χ2n) is 10.4. The highest BCUT2D eigenvalue weighted by atomic mass is 35.5. The van der Waals surface area contributed by atoms with Crippen molar-refractivity contribution in [3.05, 3.63) is 117 Å². The Labute approximate surface area is 258 Å². The fraction of sp³-hybridized carbons (Fsp3) is 0.176. The number of para-hydroxylation sites is 1. The van der Waals surface area contributed by atoms with Gasteiger partial charge in [0.25, 0.3) is 11.5 Å². The number of aryl methyl sites for hydroxylation is 1. The molecule has 0 radical (unpaired) electrons. The molecule has 1 amide bonds. The molecule has 0 aliphatic carbocycles. The lowest BCUT2D eigenvalue weighted by Gasteiger charge is -2.17. The monoisotopic (exact) mass is 612 g/mol. The summed E-state index contributed by atoms with van der Waals surface area (Å²) in [6.07, 6.45) is 1.51. The van der Waals surface area contributed by atoms with Crippen molar-refractivity contribution >= 4 is 40.3 Å². The normalized spacial score (nSPS) is 11.3. The summed E-state index contributed by atoms with van der Waals surface area (Å²) in [7, 11) is 1.64. The van der Waals surface area contributed by atoms with Crippen LogP contribution in [0.5, 0.6) is 11.5 Å². The highest BCUT2D eigenvalue weighted by Crippen LogP contribution is 2.34. The van der Waals surface area contributed by atoms with Gasteiger partial charge in [0.1, 0.15) is 17.3 Å². The number of ether oxygens (including phenoxy) is 2. The number of aromatic nitrogens is 2. The van der Waals surface area contributed by atoms with E-state index in [9.17, 15) is 14.0 Å². The lowest BCUT2D eigenvalue weighted by Crippen LogP contribution is -2.21. The molecule has 5 aromatic rings. The maximum absolute atomic E-state index is 13.7. The van der Waals surface area contributed by atoms with Gasteiger partial charge in [0, 0.05) is 11.3 Å². The highest BCUT2D eigenvalue weighted by molar-refractivity contribution is 6.32. The van der Waals surface area contributed by atoms with Gasteiger partial charge < -0.3 is 14.8 Å². The first-order valence-corrected chi connectivity index (χ1v) is 14.2. The van der Waals surface area contributed by atoms with Crippen molar-refractivity contribution in [2.75, 3.05) is 19.0 Å². The van der Waals surface area contributed by atoms with E-state index in [0.29, 0.717) is 28.0 Å². The van der Waals surface area contributed by atoms with E-state index in [4.69, 9.17) is 26.1 Å². The number of amides is 1. The fourth-order valence-electron chi connectivity index (χ4n) is 4.72. The quantitative estimate of drug-likeness (QED) is 0.178. The zero-order valence-corrected chi connectivity index (χ0v) is 25.4. The summed E-state index contributed by atoms with van der Waals surface area (Å²) in [6, 6.07) is 21.5. The van der Waals surface area contributed by atoms with Crippen LogP contribution in [0, 0.1) is 12.7 Å². The number of carbonyl (C=O) groups is 1. The van der Waals surface area contributed by atoms with E-state index in [1.54, 1.807) is 49.6 Å². The number of nitrogens with one attached hydrogen (secondary N) is 1. The summed E-state index contributed by atoms with van der Waals surface area (Å²) >= 11 is 6.45. The topological polar surface area (TPSA) is 94.8 Å². The van der Waals surface area contributed by atoms with Crippen molar-refractivity contribution in [1.82, 2.24) is 9.66 Å². The van der Waals surface area contributed by atoms with Gasteiger partial charge in [-0.2, -0.15) is 9.78 Å². The van der Waals surface area contributed by atoms with Gasteiger partial charge in [-0.25, -0.2) is 9.37 Å². The first-order valence-electron chi connectivity index (χ1n) is 13.9. The molecular formula is C34H30ClFN4O4. The van der Waals surface area contributed by atoms with Gasteiger partial charge in [-0.05, 0) is 90.2 Å². The molecular weight excluding hydrogens is 583 g/mol. The Hall–Kier alpha value is -5.02. The van der Waals surface area contributed by atoms with E-state index >= 15 is 0 Å². The first kappa shape index (κ1) is 30.4. The van der Waals surface area contributed by atoms with Crippen LogP contribution >= 0.6 is 11.6 Å². The second-order valence-corrected chi connectivity index (χ2v) is 10.8. The molecule has 0 aliphatic heterocycles. The van der Waals surface area contributed by atoms with Crippen molar-refractivity contribution in [2.45, 2.75) is 26.7 Å². The number of benzene rings is 4. The minimum absolute atomic E-state index is 0.170. The number of hydrogen-bond donors (Lipinski definition) is 1. The van der Waals surface area contributed by atoms with Crippen LogP contribution in [-0.4, -0.2) is 35.5 Å². The van der Waals surface area contributed by atoms with Gasteiger partial charge in [-0.15, -0.1) is 0 Å². The number of halogens is 2. The van der Waals surface area contributed by atoms with Crippen LogP contribution in [-0.2, 0) is 4.79 Å². The molecule has 1 heterocycles. The standard InChI is InChI=1S/C34H30ClFN4O4/c1-20(2)26-17-27(21(3)14-31(26)43-4)33-39-29-11-6-5-10-25(29)34(42)40(33)37-18-22-12-13-30(28(35)15-22)44-19-32(41)38-24-9-7-8-23(36)16-24/h5-18,20H,19H2,1-4H3,(H,38,41). The molecule has 0 unspecified atom stereocenters. The van der Waals surface area contributed by atoms with Gasteiger partial charge in [0.05, 0.1) is 29.2 Å². The molecule has 0 spiro atoms. The van der Waals surface area contributed by atoms with Crippen LogP contribution in [0.2, 0.25) is 5.02 Å². The van der Waals surface area contributed by atoms with Gasteiger partial charge in [-0.1, -0.05) is 43.6 Å². The number of methoxy groups -OCH3 is 1. The minimum Gasteiger partial charge on any atom is -0.496 e. The number of carbonyl (C=O) groups excluding carboxylic acids is 1. The largest absolute Gasteiger partial charge is 0.496 e. The highest BCUT2D eigenvalue weighted by Gasteiger charge is 2.18. The van der Waals surface area contributed by atoms with Gasteiger partial charge in [0.15, 0.2) is 12.4 Å². The molecule has 0 aliphatic rings. The van der Waals surface area contributed by atoms with Crippen molar-refractivity contribution in [3.8, 4) is 22.9 Å². The summed E-state index contributed by atoms with van der Waals surface area (Å²) in [5.41, 5.74) is 3.77. The summed E-state index contributed by atoms with van der Waals surface area (Å²) < 4.78 is 25.9. The molecule has 44 heavy (non-hydrogen) atoms. The molecule has 224 valence electrons. The van der Waals surface area contributed by atoms with Crippen LogP contribution in [0.4, 0.5) is 10.1 Å². The van der Waals surface area contributed by atoms with Crippen LogP contribution < -0.4 is 20.3 Å². The molecule has 1 N–H and O–H groups in total. The Balaban J connectivity index is 1.45. The predicted molar refractivity (Wildman–Crippen MR) is 172 cm³/mol. The zero-order chi connectivity index (χ0) is 31.4. The average molecular weight is 613 g/mol. The minimum atomic E-state index is -0.470. The Morgan fingerprint density at radius 3 is 2.59 bits per heavy atom. The molecule has 0 saturated carbocycles. The van der Waals surface area contributed by atoms with Crippen LogP contribution in [0.15, 0.2) is 88.8 Å². The third kappa shape index (κ3) is 6.63. The van der Waals surface area contributed by atoms with E-state index in [-0.39, 0.29) is 28.9 Å². The summed E-state index contributed by atoms with van der Waals surface area (Å²) in [5, 5.41) is 7.79. The van der Waals surface area contributed by atoms with Gasteiger partial charge >= 0.3 is 0 Å². The van der Waals surface area contributed by atoms with E-state index in [1.165, 1.54) is 29.1 Å². The molecule has 0 atom stereocenters. The second kappa shape index (κ2) is 13.1. The molecule has 1 aromatic heterocycles. The van der Waals surface area contributed by atoms with Crippen molar-refractivity contribution in [3.63, 3.8) is 0 Å².